The molecule has 6 nitrogen and oxygen atoms in total. The summed E-state index contributed by atoms with van der Waals surface area (Å²) in [5.74, 6) is 0.502. The van der Waals surface area contributed by atoms with Gasteiger partial charge in [-0.15, -0.1) is 11.3 Å². The van der Waals surface area contributed by atoms with Gasteiger partial charge in [-0.1, -0.05) is 0 Å². The lowest BCUT2D eigenvalue weighted by molar-refractivity contribution is 0.0376. The molecule has 0 atom stereocenters. The van der Waals surface area contributed by atoms with Gasteiger partial charge in [0.1, 0.15) is 0 Å². The van der Waals surface area contributed by atoms with Gasteiger partial charge >= 0.3 is 0 Å². The monoisotopic (exact) mass is 311 g/mol. The standard InChI is InChI=1S/C14H25N5OS/c1-11-13(18-12(2)21-11)10-17-14(15)16-4-3-5-19-6-8-20-9-7-19/h3-10H2,1-2H3,(H3,15,16,17). The van der Waals surface area contributed by atoms with E-state index in [9.17, 15) is 0 Å². The number of guanidine groups is 1. The van der Waals surface area contributed by atoms with E-state index in [1.807, 2.05) is 6.92 Å². The van der Waals surface area contributed by atoms with Crippen molar-refractivity contribution in [2.45, 2.75) is 26.8 Å². The fourth-order valence-corrected chi connectivity index (χ4v) is 3.11. The number of aryl methyl sites for hydroxylation is 2. The maximum absolute atomic E-state index is 5.88. The number of nitrogens with one attached hydrogen (secondary N) is 1. The number of hydrogen-bond donors (Lipinski definition) is 2. The van der Waals surface area contributed by atoms with Crippen LogP contribution in [0.2, 0.25) is 0 Å². The first-order valence-electron chi connectivity index (χ1n) is 7.42. The summed E-state index contributed by atoms with van der Waals surface area (Å²) in [4.78, 5) is 12.4. The number of nitrogens with zero attached hydrogens (tertiary/aromatic N) is 3. The van der Waals surface area contributed by atoms with Gasteiger partial charge in [0.25, 0.3) is 0 Å². The van der Waals surface area contributed by atoms with Gasteiger partial charge < -0.3 is 15.8 Å². The Balaban J connectivity index is 1.63. The van der Waals surface area contributed by atoms with Crippen molar-refractivity contribution in [2.75, 3.05) is 39.4 Å². The largest absolute Gasteiger partial charge is 0.379 e. The van der Waals surface area contributed by atoms with E-state index >= 15 is 0 Å². The Labute approximate surface area is 130 Å². The Hall–Kier alpha value is -1.18. The number of nitrogens with two attached hydrogens (primary N) is 1. The number of ether oxygens (including phenoxy) is 1. The van der Waals surface area contributed by atoms with Crippen molar-refractivity contribution in [2.24, 2.45) is 10.7 Å². The van der Waals surface area contributed by atoms with Gasteiger partial charge in [-0.2, -0.15) is 0 Å². The maximum atomic E-state index is 5.88. The number of aliphatic imine (C=N–C) groups is 1. The van der Waals surface area contributed by atoms with Crippen molar-refractivity contribution in [3.63, 3.8) is 0 Å². The van der Waals surface area contributed by atoms with E-state index in [0.717, 1.165) is 56.5 Å². The molecule has 3 N–H and O–H groups in total. The minimum Gasteiger partial charge on any atom is -0.379 e. The minimum absolute atomic E-state index is 0.502. The summed E-state index contributed by atoms with van der Waals surface area (Å²) in [6, 6.07) is 0. The number of morpholine rings is 1. The Kier molecular flexibility index (Phi) is 6.41. The van der Waals surface area contributed by atoms with E-state index in [2.05, 4.69) is 27.1 Å². The van der Waals surface area contributed by atoms with Crippen LogP contribution < -0.4 is 11.1 Å². The van der Waals surface area contributed by atoms with Gasteiger partial charge in [0.15, 0.2) is 5.96 Å². The zero-order valence-corrected chi connectivity index (χ0v) is 13.7. The number of thiazole rings is 1. The molecule has 0 aromatic carbocycles. The quantitative estimate of drug-likeness (QED) is 0.463. The van der Waals surface area contributed by atoms with Crippen molar-refractivity contribution in [1.82, 2.24) is 15.2 Å². The summed E-state index contributed by atoms with van der Waals surface area (Å²) in [5, 5.41) is 4.24. The smallest absolute Gasteiger partial charge is 0.188 e. The molecule has 1 aromatic rings. The first-order valence-corrected chi connectivity index (χ1v) is 8.23. The van der Waals surface area contributed by atoms with E-state index in [0.29, 0.717) is 12.5 Å². The van der Waals surface area contributed by atoms with E-state index < -0.39 is 0 Å². The molecule has 21 heavy (non-hydrogen) atoms. The molecule has 1 fully saturated rings. The molecule has 118 valence electrons. The second-order valence-electron chi connectivity index (χ2n) is 5.17. The molecular formula is C14H25N5OS. The van der Waals surface area contributed by atoms with Crippen molar-refractivity contribution >= 4 is 17.3 Å². The summed E-state index contributed by atoms with van der Waals surface area (Å²) in [5.41, 5.74) is 6.90. The van der Waals surface area contributed by atoms with E-state index in [4.69, 9.17) is 10.5 Å². The fourth-order valence-electron chi connectivity index (χ4n) is 2.28. The van der Waals surface area contributed by atoms with Crippen molar-refractivity contribution < 1.29 is 4.74 Å². The predicted molar refractivity (Wildman–Crippen MR) is 86.8 cm³/mol. The molecule has 1 aromatic heterocycles. The molecule has 0 aliphatic carbocycles. The molecule has 2 rings (SSSR count). The highest BCUT2D eigenvalue weighted by atomic mass is 32.1. The van der Waals surface area contributed by atoms with Gasteiger partial charge in [0, 0.05) is 24.5 Å². The molecular weight excluding hydrogens is 286 g/mol. The molecule has 0 spiro atoms. The Morgan fingerprint density at radius 2 is 2.19 bits per heavy atom. The summed E-state index contributed by atoms with van der Waals surface area (Å²) in [7, 11) is 0. The molecule has 0 bridgehead atoms. The SMILES string of the molecule is Cc1nc(CN=C(N)NCCCN2CCOCC2)c(C)s1. The van der Waals surface area contributed by atoms with Crippen LogP contribution in [0.4, 0.5) is 0 Å². The van der Waals surface area contributed by atoms with Crippen LogP contribution in [0.5, 0.6) is 0 Å². The average molecular weight is 311 g/mol. The summed E-state index contributed by atoms with van der Waals surface area (Å²) in [6.45, 7) is 10.3. The molecule has 1 saturated heterocycles. The van der Waals surface area contributed by atoms with Gasteiger partial charge in [0.2, 0.25) is 0 Å². The predicted octanol–water partition coefficient (Wildman–Crippen LogP) is 0.887. The van der Waals surface area contributed by atoms with Crippen LogP contribution in [-0.2, 0) is 11.3 Å². The average Bonchev–Trinajstić information content (AvgIpc) is 2.80. The van der Waals surface area contributed by atoms with Crippen molar-refractivity contribution in [1.29, 1.82) is 0 Å². The minimum atomic E-state index is 0.502. The van der Waals surface area contributed by atoms with Crippen LogP contribution in [-0.4, -0.2) is 55.2 Å². The molecule has 1 aliphatic heterocycles. The Morgan fingerprint density at radius 3 is 2.86 bits per heavy atom. The first kappa shape index (κ1) is 16.2. The highest BCUT2D eigenvalue weighted by molar-refractivity contribution is 7.11. The zero-order chi connectivity index (χ0) is 15.1. The molecule has 2 heterocycles. The van der Waals surface area contributed by atoms with Crippen LogP contribution >= 0.6 is 11.3 Å². The van der Waals surface area contributed by atoms with Gasteiger partial charge in [-0.25, -0.2) is 9.98 Å². The third-order valence-corrected chi connectivity index (χ3v) is 4.39. The lowest BCUT2D eigenvalue weighted by Gasteiger charge is -2.26. The summed E-state index contributed by atoms with van der Waals surface area (Å²) < 4.78 is 5.33. The summed E-state index contributed by atoms with van der Waals surface area (Å²) in [6.07, 6.45) is 1.06. The third-order valence-electron chi connectivity index (χ3n) is 3.46. The number of aromatic nitrogens is 1. The van der Waals surface area contributed by atoms with Crippen LogP contribution in [0.1, 0.15) is 22.0 Å². The highest BCUT2D eigenvalue weighted by Gasteiger charge is 2.09. The van der Waals surface area contributed by atoms with Crippen molar-refractivity contribution in [3.8, 4) is 0 Å². The van der Waals surface area contributed by atoms with Crippen molar-refractivity contribution in [3.05, 3.63) is 15.6 Å². The maximum Gasteiger partial charge on any atom is 0.188 e. The second kappa shape index (κ2) is 8.31. The summed E-state index contributed by atoms with van der Waals surface area (Å²) >= 11 is 1.70. The molecule has 0 unspecified atom stereocenters. The Bertz CT molecular complexity index is 468. The van der Waals surface area contributed by atoms with Gasteiger partial charge in [-0.05, 0) is 26.8 Å². The molecule has 0 radical (unpaired) electrons. The van der Waals surface area contributed by atoms with E-state index in [-0.39, 0.29) is 0 Å². The highest BCUT2D eigenvalue weighted by Crippen LogP contribution is 2.16. The van der Waals surface area contributed by atoms with E-state index in [1.165, 1.54) is 4.88 Å². The van der Waals surface area contributed by atoms with Gasteiger partial charge in [0.05, 0.1) is 30.5 Å². The van der Waals surface area contributed by atoms with Crippen LogP contribution in [0.25, 0.3) is 0 Å². The van der Waals surface area contributed by atoms with Crippen LogP contribution in [0.15, 0.2) is 4.99 Å². The topological polar surface area (TPSA) is 75.8 Å². The second-order valence-corrected chi connectivity index (χ2v) is 6.58. The molecule has 1 aliphatic rings. The lowest BCUT2D eigenvalue weighted by Crippen LogP contribution is -2.39. The zero-order valence-electron chi connectivity index (χ0n) is 12.9. The lowest BCUT2D eigenvalue weighted by atomic mass is 10.3. The van der Waals surface area contributed by atoms with E-state index in [1.54, 1.807) is 11.3 Å². The first-order chi connectivity index (χ1) is 10.1. The van der Waals surface area contributed by atoms with Gasteiger partial charge in [-0.3, -0.25) is 4.90 Å². The fraction of sp³-hybridized carbons (Fsp3) is 0.714. The van der Waals surface area contributed by atoms with Crippen LogP contribution in [0, 0.1) is 13.8 Å². The third kappa shape index (κ3) is 5.61. The molecule has 0 amide bonds. The van der Waals surface area contributed by atoms with Crippen LogP contribution in [0.3, 0.4) is 0 Å². The number of hydrogen-bond acceptors (Lipinski definition) is 5. The Morgan fingerprint density at radius 1 is 1.43 bits per heavy atom. The number of rotatable bonds is 6. The molecule has 7 heteroatoms. The molecule has 0 saturated carbocycles. The normalized spacial score (nSPS) is 17.1.